The number of rotatable bonds is 5. The van der Waals surface area contributed by atoms with Crippen LogP contribution in [0.15, 0.2) is 29.3 Å². The molecule has 0 saturated heterocycles. The molecule has 23 heavy (non-hydrogen) atoms. The molecule has 3 rings (SSSR count). The number of amides is 1. The van der Waals surface area contributed by atoms with Crippen LogP contribution >= 0.6 is 23.1 Å². The fourth-order valence-electron chi connectivity index (χ4n) is 2.63. The Kier molecular flexibility index (Phi) is 5.02. The summed E-state index contributed by atoms with van der Waals surface area (Å²) < 4.78 is 1.21. The molecule has 0 spiro atoms. The Bertz CT molecular complexity index is 707. The van der Waals surface area contributed by atoms with Crippen LogP contribution in [0.4, 0.5) is 0 Å². The van der Waals surface area contributed by atoms with Gasteiger partial charge in [-0.05, 0) is 24.0 Å². The minimum absolute atomic E-state index is 0.0589. The summed E-state index contributed by atoms with van der Waals surface area (Å²) in [6.07, 6.45) is 2.27. The molecule has 1 aromatic carbocycles. The van der Waals surface area contributed by atoms with E-state index in [0.717, 1.165) is 40.8 Å². The Balaban J connectivity index is 1.68. The van der Waals surface area contributed by atoms with E-state index in [-0.39, 0.29) is 11.3 Å². The van der Waals surface area contributed by atoms with Gasteiger partial charge in [0.15, 0.2) is 5.17 Å². The average Bonchev–Trinajstić information content (AvgIpc) is 3.15. The predicted octanol–water partition coefficient (Wildman–Crippen LogP) is 3.86. The maximum atomic E-state index is 12.3. The summed E-state index contributed by atoms with van der Waals surface area (Å²) in [4.78, 5) is 21.3. The van der Waals surface area contributed by atoms with Crippen LogP contribution in [0.1, 0.15) is 31.7 Å². The number of carbonyl (C=O) groups is 1. The summed E-state index contributed by atoms with van der Waals surface area (Å²) in [7, 11) is 0. The van der Waals surface area contributed by atoms with Crippen molar-refractivity contribution in [2.45, 2.75) is 33.1 Å². The molecule has 1 aliphatic heterocycles. The third-order valence-corrected chi connectivity index (χ3v) is 6.12. The standard InChI is InChI=1S/C17H21N3OS2/c1-3-17(2,10-14(21)20-16-18-8-9-22-16)11-15-19-12-6-4-5-7-13(12)23-15/h4-7H,3,8-11H2,1-2H3,(H,18,20,21)/t17-/m1/s1. The van der Waals surface area contributed by atoms with Crippen molar-refractivity contribution in [3.05, 3.63) is 29.3 Å². The van der Waals surface area contributed by atoms with Crippen LogP contribution < -0.4 is 5.32 Å². The zero-order valence-corrected chi connectivity index (χ0v) is 15.1. The van der Waals surface area contributed by atoms with Crippen molar-refractivity contribution in [1.82, 2.24) is 10.3 Å². The number of thiazole rings is 1. The third kappa shape index (κ3) is 4.12. The van der Waals surface area contributed by atoms with E-state index >= 15 is 0 Å². The molecular formula is C17H21N3OS2. The van der Waals surface area contributed by atoms with Crippen LogP contribution in [0.5, 0.6) is 0 Å². The van der Waals surface area contributed by atoms with Crippen LogP contribution in [0.25, 0.3) is 10.2 Å². The Hall–Kier alpha value is -1.40. The van der Waals surface area contributed by atoms with Crippen molar-refractivity contribution in [3.63, 3.8) is 0 Å². The van der Waals surface area contributed by atoms with Crippen molar-refractivity contribution in [2.24, 2.45) is 10.4 Å². The fraction of sp³-hybridized carbons (Fsp3) is 0.471. The molecule has 1 aromatic heterocycles. The number of nitrogens with one attached hydrogen (secondary N) is 1. The van der Waals surface area contributed by atoms with Crippen LogP contribution in [-0.2, 0) is 11.2 Å². The lowest BCUT2D eigenvalue weighted by atomic mass is 9.80. The number of fused-ring (bicyclic) bond motifs is 1. The van der Waals surface area contributed by atoms with Crippen molar-refractivity contribution in [1.29, 1.82) is 0 Å². The van der Waals surface area contributed by atoms with E-state index in [1.165, 1.54) is 4.70 Å². The normalized spacial score (nSPS) is 17.0. The average molecular weight is 348 g/mol. The van der Waals surface area contributed by atoms with Crippen molar-refractivity contribution >= 4 is 44.4 Å². The molecule has 0 saturated carbocycles. The molecule has 0 bridgehead atoms. The molecule has 0 fully saturated rings. The zero-order chi connectivity index (χ0) is 16.3. The highest BCUT2D eigenvalue weighted by Crippen LogP contribution is 2.33. The van der Waals surface area contributed by atoms with Gasteiger partial charge >= 0.3 is 0 Å². The lowest BCUT2D eigenvalue weighted by Gasteiger charge is -2.26. The number of hydrogen-bond donors (Lipinski definition) is 1. The van der Waals surface area contributed by atoms with Gasteiger partial charge < -0.3 is 5.32 Å². The van der Waals surface area contributed by atoms with Gasteiger partial charge in [0.2, 0.25) is 5.91 Å². The first-order chi connectivity index (χ1) is 11.1. The number of hydrogen-bond acceptors (Lipinski definition) is 5. The van der Waals surface area contributed by atoms with E-state index in [2.05, 4.69) is 30.2 Å². The van der Waals surface area contributed by atoms with Gasteiger partial charge in [0, 0.05) is 18.6 Å². The van der Waals surface area contributed by atoms with Crippen LogP contribution in [0.3, 0.4) is 0 Å². The fourth-order valence-corrected chi connectivity index (χ4v) is 4.56. The number of nitrogens with zero attached hydrogens (tertiary/aromatic N) is 2. The SMILES string of the molecule is CC[C@](C)(CC(=O)NC1=NCCS1)Cc1nc2ccccc2s1. The summed E-state index contributed by atoms with van der Waals surface area (Å²) in [5.41, 5.74) is 0.967. The molecule has 0 unspecified atom stereocenters. The lowest BCUT2D eigenvalue weighted by Crippen LogP contribution is -2.33. The highest BCUT2D eigenvalue weighted by molar-refractivity contribution is 8.14. The monoisotopic (exact) mass is 347 g/mol. The number of amidine groups is 1. The number of aliphatic imine (C=N–C) groups is 1. The largest absolute Gasteiger partial charge is 0.305 e. The highest BCUT2D eigenvalue weighted by Gasteiger charge is 2.28. The van der Waals surface area contributed by atoms with Crippen LogP contribution in [0, 0.1) is 5.41 Å². The van der Waals surface area contributed by atoms with E-state index < -0.39 is 0 Å². The molecule has 0 radical (unpaired) electrons. The second-order valence-corrected chi connectivity index (χ2v) is 8.38. The van der Waals surface area contributed by atoms with E-state index in [4.69, 9.17) is 4.98 Å². The molecule has 4 nitrogen and oxygen atoms in total. The van der Waals surface area contributed by atoms with Crippen LogP contribution in [0.2, 0.25) is 0 Å². The maximum Gasteiger partial charge on any atom is 0.226 e. The van der Waals surface area contributed by atoms with Crippen molar-refractivity contribution in [3.8, 4) is 0 Å². The number of benzene rings is 1. The van der Waals surface area contributed by atoms with Gasteiger partial charge in [0.1, 0.15) is 0 Å². The smallest absolute Gasteiger partial charge is 0.226 e. The highest BCUT2D eigenvalue weighted by atomic mass is 32.2. The second-order valence-electron chi connectivity index (χ2n) is 6.18. The maximum absolute atomic E-state index is 12.3. The minimum atomic E-state index is -0.0816. The Labute approximate surface area is 144 Å². The first kappa shape index (κ1) is 16.5. The predicted molar refractivity (Wildman–Crippen MR) is 99.2 cm³/mol. The zero-order valence-electron chi connectivity index (χ0n) is 13.5. The molecule has 1 atom stereocenters. The Morgan fingerprint density at radius 3 is 2.91 bits per heavy atom. The first-order valence-electron chi connectivity index (χ1n) is 7.89. The van der Waals surface area contributed by atoms with Gasteiger partial charge in [-0.2, -0.15) is 0 Å². The van der Waals surface area contributed by atoms with Gasteiger partial charge in [-0.25, -0.2) is 4.98 Å². The number of carbonyl (C=O) groups excluding carboxylic acids is 1. The van der Waals surface area contributed by atoms with Gasteiger partial charge in [-0.1, -0.05) is 37.7 Å². The van der Waals surface area contributed by atoms with Crippen molar-refractivity contribution < 1.29 is 4.79 Å². The summed E-state index contributed by atoms with van der Waals surface area (Å²) >= 11 is 3.35. The van der Waals surface area contributed by atoms with E-state index in [1.54, 1.807) is 23.1 Å². The van der Waals surface area contributed by atoms with Crippen LogP contribution in [-0.4, -0.2) is 28.4 Å². The summed E-state index contributed by atoms with van der Waals surface area (Å²) in [6, 6.07) is 8.19. The third-order valence-electron chi connectivity index (χ3n) is 4.19. The molecular weight excluding hydrogens is 326 g/mol. The molecule has 2 aromatic rings. The number of thioether (sulfide) groups is 1. The molecule has 6 heteroatoms. The van der Waals surface area contributed by atoms with Gasteiger partial charge in [-0.3, -0.25) is 9.79 Å². The summed E-state index contributed by atoms with van der Waals surface area (Å²) in [5.74, 6) is 1.02. The lowest BCUT2D eigenvalue weighted by molar-refractivity contribution is -0.121. The molecule has 1 amide bonds. The van der Waals surface area contributed by atoms with E-state index in [1.807, 2.05) is 18.2 Å². The quantitative estimate of drug-likeness (QED) is 0.893. The second kappa shape index (κ2) is 7.01. The molecule has 1 N–H and O–H groups in total. The Morgan fingerprint density at radius 2 is 2.22 bits per heavy atom. The van der Waals surface area contributed by atoms with Crippen molar-refractivity contribution in [2.75, 3.05) is 12.3 Å². The van der Waals surface area contributed by atoms with Gasteiger partial charge in [0.05, 0.1) is 21.8 Å². The number of para-hydroxylation sites is 1. The minimum Gasteiger partial charge on any atom is -0.305 e. The Morgan fingerprint density at radius 1 is 1.39 bits per heavy atom. The summed E-state index contributed by atoms with van der Waals surface area (Å²) in [6.45, 7) is 5.11. The molecule has 122 valence electrons. The summed E-state index contributed by atoms with van der Waals surface area (Å²) in [5, 5.41) is 4.82. The van der Waals surface area contributed by atoms with E-state index in [9.17, 15) is 4.79 Å². The number of aromatic nitrogens is 1. The topological polar surface area (TPSA) is 54.4 Å². The van der Waals surface area contributed by atoms with Gasteiger partial charge in [-0.15, -0.1) is 11.3 Å². The van der Waals surface area contributed by atoms with E-state index in [0.29, 0.717) is 6.42 Å². The first-order valence-corrected chi connectivity index (χ1v) is 9.70. The molecule has 1 aliphatic rings. The van der Waals surface area contributed by atoms with Gasteiger partial charge in [0.25, 0.3) is 0 Å². The molecule has 2 heterocycles. The molecule has 0 aliphatic carbocycles.